The fourth-order valence-electron chi connectivity index (χ4n) is 1.44. The Morgan fingerprint density at radius 3 is 2.80 bits per heavy atom. The molecule has 0 amide bonds. The van der Waals surface area contributed by atoms with Crippen LogP contribution in [-0.4, -0.2) is 4.98 Å². The maximum atomic E-state index is 4.01. The van der Waals surface area contributed by atoms with E-state index in [4.69, 9.17) is 0 Å². The van der Waals surface area contributed by atoms with Gasteiger partial charge in [-0.3, -0.25) is 4.98 Å². The van der Waals surface area contributed by atoms with Crippen LogP contribution in [0.1, 0.15) is 23.4 Å². The Kier molecular flexibility index (Phi) is 3.48. The molecule has 0 aliphatic carbocycles. The summed E-state index contributed by atoms with van der Waals surface area (Å²) in [5, 5.41) is 5.59. The summed E-state index contributed by atoms with van der Waals surface area (Å²) in [4.78, 5) is 5.38. The monoisotopic (exact) mass is 218 g/mol. The zero-order chi connectivity index (χ0) is 10.5. The van der Waals surface area contributed by atoms with Crippen molar-refractivity contribution in [3.05, 3.63) is 52.5 Å². The molecule has 78 valence electrons. The van der Waals surface area contributed by atoms with Gasteiger partial charge in [0, 0.05) is 29.9 Å². The molecule has 2 heterocycles. The van der Waals surface area contributed by atoms with Gasteiger partial charge < -0.3 is 5.32 Å². The predicted molar refractivity (Wildman–Crippen MR) is 63.8 cm³/mol. The summed E-state index contributed by atoms with van der Waals surface area (Å²) in [5.41, 5.74) is 1.28. The van der Waals surface area contributed by atoms with Crippen LogP contribution in [0.25, 0.3) is 0 Å². The van der Waals surface area contributed by atoms with E-state index < -0.39 is 0 Å². The van der Waals surface area contributed by atoms with Crippen molar-refractivity contribution in [2.75, 3.05) is 0 Å². The molecule has 15 heavy (non-hydrogen) atoms. The van der Waals surface area contributed by atoms with Crippen LogP contribution in [0.4, 0.5) is 0 Å². The molecule has 0 aromatic carbocycles. The molecule has 1 N–H and O–H groups in total. The summed E-state index contributed by atoms with van der Waals surface area (Å²) < 4.78 is 0. The lowest BCUT2D eigenvalue weighted by atomic mass is 10.1. The Morgan fingerprint density at radius 2 is 2.13 bits per heavy atom. The first-order chi connectivity index (χ1) is 7.36. The average molecular weight is 218 g/mol. The Morgan fingerprint density at radius 1 is 1.33 bits per heavy atom. The Balaban J connectivity index is 1.90. The van der Waals surface area contributed by atoms with E-state index in [0.717, 1.165) is 6.54 Å². The second kappa shape index (κ2) is 5.05. The predicted octanol–water partition coefficient (Wildman–Crippen LogP) is 2.99. The van der Waals surface area contributed by atoms with Gasteiger partial charge in [0.1, 0.15) is 0 Å². The third-order valence-electron chi connectivity index (χ3n) is 2.37. The fraction of sp³-hybridized carbons (Fsp3) is 0.250. The molecule has 2 nitrogen and oxygen atoms in total. The molecule has 0 saturated carbocycles. The first-order valence-corrected chi connectivity index (χ1v) is 5.90. The molecular weight excluding hydrogens is 204 g/mol. The van der Waals surface area contributed by atoms with E-state index in [2.05, 4.69) is 34.7 Å². The summed E-state index contributed by atoms with van der Waals surface area (Å²) in [6.07, 6.45) is 3.66. The second-order valence-corrected chi connectivity index (χ2v) is 4.49. The molecule has 0 spiro atoms. The summed E-state index contributed by atoms with van der Waals surface area (Å²) in [7, 11) is 0. The van der Waals surface area contributed by atoms with E-state index in [1.807, 2.05) is 24.5 Å². The molecule has 1 atom stereocenters. The Bertz CT molecular complexity index is 383. The minimum Gasteiger partial charge on any atom is -0.305 e. The van der Waals surface area contributed by atoms with Crippen molar-refractivity contribution >= 4 is 11.3 Å². The van der Waals surface area contributed by atoms with Crippen molar-refractivity contribution < 1.29 is 0 Å². The molecule has 0 unspecified atom stereocenters. The number of nitrogens with one attached hydrogen (secondary N) is 1. The summed E-state index contributed by atoms with van der Waals surface area (Å²) in [6.45, 7) is 3.10. The number of aromatic nitrogens is 1. The largest absolute Gasteiger partial charge is 0.305 e. The van der Waals surface area contributed by atoms with Gasteiger partial charge in [0.15, 0.2) is 0 Å². The number of thiophene rings is 1. The first kappa shape index (κ1) is 10.3. The molecule has 2 aromatic rings. The van der Waals surface area contributed by atoms with Gasteiger partial charge in [0.25, 0.3) is 0 Å². The zero-order valence-corrected chi connectivity index (χ0v) is 9.50. The lowest BCUT2D eigenvalue weighted by Gasteiger charge is -2.12. The van der Waals surface area contributed by atoms with Crippen LogP contribution in [0.5, 0.6) is 0 Å². The number of rotatable bonds is 4. The van der Waals surface area contributed by atoms with E-state index in [1.165, 1.54) is 10.4 Å². The Labute approximate surface area is 94.0 Å². The number of hydrogen-bond acceptors (Lipinski definition) is 3. The molecule has 0 aliphatic heterocycles. The van der Waals surface area contributed by atoms with Crippen molar-refractivity contribution in [1.29, 1.82) is 0 Å². The van der Waals surface area contributed by atoms with Gasteiger partial charge in [0.2, 0.25) is 0 Å². The lowest BCUT2D eigenvalue weighted by Crippen LogP contribution is -2.17. The topological polar surface area (TPSA) is 24.9 Å². The first-order valence-electron chi connectivity index (χ1n) is 5.02. The van der Waals surface area contributed by atoms with Crippen LogP contribution in [0.2, 0.25) is 0 Å². The number of pyridine rings is 1. The summed E-state index contributed by atoms with van der Waals surface area (Å²) in [5.74, 6) is 0. The highest BCUT2D eigenvalue weighted by atomic mass is 32.1. The zero-order valence-electron chi connectivity index (χ0n) is 8.68. The molecule has 0 fully saturated rings. The highest BCUT2D eigenvalue weighted by molar-refractivity contribution is 7.09. The quantitative estimate of drug-likeness (QED) is 0.853. The molecular formula is C12H14N2S. The van der Waals surface area contributed by atoms with Crippen LogP contribution >= 0.6 is 11.3 Å². The number of hydrogen-bond donors (Lipinski definition) is 1. The van der Waals surface area contributed by atoms with Crippen molar-refractivity contribution in [1.82, 2.24) is 10.3 Å². The van der Waals surface area contributed by atoms with Gasteiger partial charge in [-0.05, 0) is 36.1 Å². The van der Waals surface area contributed by atoms with Gasteiger partial charge in [-0.25, -0.2) is 0 Å². The smallest absolute Gasteiger partial charge is 0.0305 e. The second-order valence-electron chi connectivity index (χ2n) is 3.46. The van der Waals surface area contributed by atoms with Crippen molar-refractivity contribution in [3.8, 4) is 0 Å². The summed E-state index contributed by atoms with van der Waals surface area (Å²) in [6, 6.07) is 8.70. The highest BCUT2D eigenvalue weighted by Gasteiger charge is 2.03. The van der Waals surface area contributed by atoms with Gasteiger partial charge in [-0.1, -0.05) is 6.07 Å². The fourth-order valence-corrected chi connectivity index (χ4v) is 2.09. The molecule has 0 bridgehead atoms. The third-order valence-corrected chi connectivity index (χ3v) is 3.25. The van der Waals surface area contributed by atoms with Crippen LogP contribution in [0.15, 0.2) is 42.0 Å². The van der Waals surface area contributed by atoms with Crippen LogP contribution in [-0.2, 0) is 6.54 Å². The minimum absolute atomic E-state index is 0.370. The molecule has 0 aliphatic rings. The minimum atomic E-state index is 0.370. The van der Waals surface area contributed by atoms with E-state index >= 15 is 0 Å². The molecule has 2 rings (SSSR count). The normalized spacial score (nSPS) is 12.6. The van der Waals surface area contributed by atoms with Crippen molar-refractivity contribution in [3.63, 3.8) is 0 Å². The van der Waals surface area contributed by atoms with Gasteiger partial charge in [-0.15, -0.1) is 11.3 Å². The standard InChI is InChI=1S/C12H14N2S/c1-10(11-4-6-13-7-5-11)14-9-12-3-2-8-15-12/h2-8,10,14H,9H2,1H3/t10-/m0/s1. The van der Waals surface area contributed by atoms with Crippen LogP contribution in [0.3, 0.4) is 0 Å². The maximum absolute atomic E-state index is 4.01. The molecule has 0 saturated heterocycles. The van der Waals surface area contributed by atoms with E-state index in [0.29, 0.717) is 6.04 Å². The SMILES string of the molecule is C[C@H](NCc1cccs1)c1ccncc1. The third kappa shape index (κ3) is 2.88. The van der Waals surface area contributed by atoms with Crippen molar-refractivity contribution in [2.24, 2.45) is 0 Å². The maximum Gasteiger partial charge on any atom is 0.0305 e. The van der Waals surface area contributed by atoms with Crippen molar-refractivity contribution in [2.45, 2.75) is 19.5 Å². The van der Waals surface area contributed by atoms with Gasteiger partial charge in [-0.2, -0.15) is 0 Å². The average Bonchev–Trinajstić information content (AvgIpc) is 2.80. The Hall–Kier alpha value is -1.19. The molecule has 2 aromatic heterocycles. The summed E-state index contributed by atoms with van der Waals surface area (Å²) >= 11 is 1.79. The van der Waals surface area contributed by atoms with E-state index in [9.17, 15) is 0 Å². The molecule has 3 heteroatoms. The van der Waals surface area contributed by atoms with E-state index in [1.54, 1.807) is 11.3 Å². The van der Waals surface area contributed by atoms with E-state index in [-0.39, 0.29) is 0 Å². The van der Waals surface area contributed by atoms with Crippen LogP contribution in [0, 0.1) is 0 Å². The number of nitrogens with zero attached hydrogens (tertiary/aromatic N) is 1. The van der Waals surface area contributed by atoms with Gasteiger partial charge >= 0.3 is 0 Å². The molecule has 0 radical (unpaired) electrons. The van der Waals surface area contributed by atoms with Gasteiger partial charge in [0.05, 0.1) is 0 Å². The highest BCUT2D eigenvalue weighted by Crippen LogP contribution is 2.13. The van der Waals surface area contributed by atoms with Crippen LogP contribution < -0.4 is 5.32 Å². The lowest BCUT2D eigenvalue weighted by molar-refractivity contribution is 0.578.